The van der Waals surface area contributed by atoms with Crippen molar-refractivity contribution in [3.63, 3.8) is 0 Å². The van der Waals surface area contributed by atoms with Crippen LogP contribution < -0.4 is 5.32 Å². The van der Waals surface area contributed by atoms with Crippen LogP contribution in [0.15, 0.2) is 4.99 Å². The highest BCUT2D eigenvalue weighted by Crippen LogP contribution is 2.25. The summed E-state index contributed by atoms with van der Waals surface area (Å²) in [4.78, 5) is 8.09. The van der Waals surface area contributed by atoms with Crippen molar-refractivity contribution < 1.29 is 17.9 Å². The summed E-state index contributed by atoms with van der Waals surface area (Å²) in [5.74, 6) is 2.21. The quantitative estimate of drug-likeness (QED) is 0.417. The highest BCUT2D eigenvalue weighted by atomic mass is 19.4. The Hall–Kier alpha value is -1.88. The number of piperazine rings is 1. The van der Waals surface area contributed by atoms with Gasteiger partial charge in [-0.15, -0.1) is 10.2 Å². The van der Waals surface area contributed by atoms with E-state index < -0.39 is 12.2 Å². The highest BCUT2D eigenvalue weighted by molar-refractivity contribution is 5.80. The maximum Gasteiger partial charge on any atom is 0.403 e. The summed E-state index contributed by atoms with van der Waals surface area (Å²) < 4.78 is 45.8. The fraction of sp³-hybridized carbons (Fsp3) is 0.824. The van der Waals surface area contributed by atoms with Crippen molar-refractivity contribution >= 4 is 5.96 Å². The van der Waals surface area contributed by atoms with Crippen molar-refractivity contribution in [1.82, 2.24) is 29.9 Å². The van der Waals surface area contributed by atoms with E-state index in [0.717, 1.165) is 18.1 Å². The van der Waals surface area contributed by atoms with Crippen LogP contribution >= 0.6 is 0 Å². The summed E-state index contributed by atoms with van der Waals surface area (Å²) in [6.07, 6.45) is -3.40. The third kappa shape index (κ3) is 6.06. The van der Waals surface area contributed by atoms with Gasteiger partial charge in [-0.1, -0.05) is 0 Å². The number of methoxy groups -OCH3 is 1. The molecule has 0 aliphatic carbocycles. The van der Waals surface area contributed by atoms with E-state index in [-0.39, 0.29) is 0 Å². The zero-order valence-electron chi connectivity index (χ0n) is 17.0. The van der Waals surface area contributed by atoms with Gasteiger partial charge in [0.1, 0.15) is 18.4 Å². The molecular formula is C17H30F3N7O. The standard InChI is InChI=1S/C17H30F3N7O/c1-13(17(18,19)20)26-7-9-27(10-8-26)16(21-6-5-11-28-4)22-12-15-24-23-14(2)25(15)3/h13H,5-12H2,1-4H3,(H,21,22). The summed E-state index contributed by atoms with van der Waals surface area (Å²) in [5, 5.41) is 11.4. The van der Waals surface area contributed by atoms with Gasteiger partial charge >= 0.3 is 6.18 Å². The van der Waals surface area contributed by atoms with Gasteiger partial charge < -0.3 is 19.5 Å². The van der Waals surface area contributed by atoms with Crippen molar-refractivity contribution in [2.75, 3.05) is 46.4 Å². The molecule has 1 aliphatic heterocycles. The Bertz CT molecular complexity index is 639. The largest absolute Gasteiger partial charge is 0.403 e. The van der Waals surface area contributed by atoms with Crippen LogP contribution in [-0.4, -0.2) is 89.2 Å². The summed E-state index contributed by atoms with van der Waals surface area (Å²) in [7, 11) is 3.52. The van der Waals surface area contributed by atoms with Crippen LogP contribution in [0.25, 0.3) is 0 Å². The smallest absolute Gasteiger partial charge is 0.385 e. The first-order valence-electron chi connectivity index (χ1n) is 9.42. The van der Waals surface area contributed by atoms with E-state index in [1.165, 1.54) is 11.8 Å². The SMILES string of the molecule is COCCCNC(=NCc1nnc(C)n1C)N1CCN(C(C)C(F)(F)F)CC1. The van der Waals surface area contributed by atoms with Crippen LogP contribution in [0.2, 0.25) is 0 Å². The lowest BCUT2D eigenvalue weighted by molar-refractivity contribution is -0.181. The molecule has 0 bridgehead atoms. The minimum Gasteiger partial charge on any atom is -0.385 e. The van der Waals surface area contributed by atoms with Crippen LogP contribution in [0.3, 0.4) is 0 Å². The van der Waals surface area contributed by atoms with Crippen molar-refractivity contribution in [3.05, 3.63) is 11.6 Å². The predicted molar refractivity (Wildman–Crippen MR) is 100 cm³/mol. The number of halogens is 3. The van der Waals surface area contributed by atoms with E-state index in [1.807, 2.05) is 23.4 Å². The Kier molecular flexibility index (Phi) is 8.05. The van der Waals surface area contributed by atoms with Crippen molar-refractivity contribution in [2.45, 2.75) is 39.0 Å². The number of hydrogen-bond acceptors (Lipinski definition) is 5. The van der Waals surface area contributed by atoms with Gasteiger partial charge in [0, 0.05) is 53.5 Å². The van der Waals surface area contributed by atoms with E-state index in [9.17, 15) is 13.2 Å². The average Bonchev–Trinajstić information content (AvgIpc) is 2.98. The molecule has 1 atom stereocenters. The number of ether oxygens (including phenoxy) is 1. The molecule has 1 unspecified atom stereocenters. The monoisotopic (exact) mass is 405 g/mol. The van der Waals surface area contributed by atoms with E-state index >= 15 is 0 Å². The third-order valence-electron chi connectivity index (χ3n) is 5.00. The van der Waals surface area contributed by atoms with Gasteiger partial charge in [0.25, 0.3) is 0 Å². The summed E-state index contributed by atoms with van der Waals surface area (Å²) in [6.45, 7) is 6.36. The summed E-state index contributed by atoms with van der Waals surface area (Å²) in [6, 6.07) is -1.44. The molecule has 0 aromatic carbocycles. The van der Waals surface area contributed by atoms with E-state index in [1.54, 1.807) is 7.11 Å². The third-order valence-corrected chi connectivity index (χ3v) is 5.00. The maximum absolute atomic E-state index is 13.0. The van der Waals surface area contributed by atoms with E-state index in [4.69, 9.17) is 4.74 Å². The number of guanidine groups is 1. The van der Waals surface area contributed by atoms with Gasteiger partial charge in [0.05, 0.1) is 0 Å². The van der Waals surface area contributed by atoms with Crippen LogP contribution in [-0.2, 0) is 18.3 Å². The zero-order chi connectivity index (χ0) is 20.7. The molecule has 8 nitrogen and oxygen atoms in total. The molecule has 1 aromatic rings. The fourth-order valence-corrected chi connectivity index (χ4v) is 2.95. The highest BCUT2D eigenvalue weighted by Gasteiger charge is 2.41. The number of hydrogen-bond donors (Lipinski definition) is 1. The molecule has 1 N–H and O–H groups in total. The first kappa shape index (κ1) is 22.4. The first-order valence-corrected chi connectivity index (χ1v) is 9.42. The number of aryl methyl sites for hydroxylation is 1. The van der Waals surface area contributed by atoms with Gasteiger partial charge in [0.2, 0.25) is 0 Å². The normalized spacial score (nSPS) is 17.8. The Morgan fingerprint density at radius 1 is 1.25 bits per heavy atom. The van der Waals surface area contributed by atoms with Gasteiger partial charge in [0.15, 0.2) is 11.8 Å². The molecule has 0 amide bonds. The molecule has 11 heteroatoms. The number of rotatable bonds is 7. The molecule has 1 fully saturated rings. The van der Waals surface area contributed by atoms with Crippen molar-refractivity contribution in [2.24, 2.45) is 12.0 Å². The minimum absolute atomic E-state index is 0.336. The summed E-state index contributed by atoms with van der Waals surface area (Å²) >= 11 is 0. The molecule has 1 saturated heterocycles. The lowest BCUT2D eigenvalue weighted by Gasteiger charge is -2.39. The molecule has 1 aliphatic rings. The van der Waals surface area contributed by atoms with Crippen LogP contribution in [0, 0.1) is 6.92 Å². The van der Waals surface area contributed by atoms with Crippen molar-refractivity contribution in [1.29, 1.82) is 0 Å². The topological polar surface area (TPSA) is 70.8 Å². The Balaban J connectivity index is 2.01. The molecule has 0 spiro atoms. The second-order valence-corrected chi connectivity index (χ2v) is 6.88. The first-order chi connectivity index (χ1) is 13.2. The number of nitrogens with zero attached hydrogens (tertiary/aromatic N) is 6. The molecule has 2 rings (SSSR count). The molecule has 160 valence electrons. The molecule has 28 heavy (non-hydrogen) atoms. The number of aliphatic imine (C=N–C) groups is 1. The second-order valence-electron chi connectivity index (χ2n) is 6.88. The lowest BCUT2D eigenvalue weighted by atomic mass is 10.2. The number of aromatic nitrogens is 3. The van der Waals surface area contributed by atoms with Crippen molar-refractivity contribution in [3.8, 4) is 0 Å². The Morgan fingerprint density at radius 2 is 1.93 bits per heavy atom. The molecule has 0 radical (unpaired) electrons. The second kappa shape index (κ2) is 10.1. The van der Waals surface area contributed by atoms with Crippen LogP contribution in [0.1, 0.15) is 25.0 Å². The predicted octanol–water partition coefficient (Wildman–Crippen LogP) is 1.17. The zero-order valence-corrected chi connectivity index (χ0v) is 17.0. The number of alkyl halides is 3. The summed E-state index contributed by atoms with van der Waals surface area (Å²) in [5.41, 5.74) is 0. The maximum atomic E-state index is 13.0. The van der Waals surface area contributed by atoms with E-state index in [2.05, 4.69) is 20.5 Å². The molecule has 0 saturated carbocycles. The Labute approximate surface area is 163 Å². The van der Waals surface area contributed by atoms with Gasteiger partial charge in [-0.25, -0.2) is 4.99 Å². The van der Waals surface area contributed by atoms with Crippen LogP contribution in [0.5, 0.6) is 0 Å². The molecule has 1 aromatic heterocycles. The van der Waals surface area contributed by atoms with Crippen LogP contribution in [0.4, 0.5) is 13.2 Å². The fourth-order valence-electron chi connectivity index (χ4n) is 2.95. The average molecular weight is 405 g/mol. The van der Waals surface area contributed by atoms with E-state index in [0.29, 0.717) is 51.8 Å². The minimum atomic E-state index is -4.21. The lowest BCUT2D eigenvalue weighted by Crippen LogP contribution is -2.56. The van der Waals surface area contributed by atoms with Gasteiger partial charge in [-0.3, -0.25) is 4.90 Å². The van der Waals surface area contributed by atoms with Gasteiger partial charge in [-0.05, 0) is 20.3 Å². The number of nitrogens with one attached hydrogen (secondary N) is 1. The van der Waals surface area contributed by atoms with Gasteiger partial charge in [-0.2, -0.15) is 13.2 Å². The Morgan fingerprint density at radius 3 is 2.46 bits per heavy atom. The molecule has 2 heterocycles. The molecular weight excluding hydrogens is 375 g/mol.